The molecule has 9 nitrogen and oxygen atoms in total. The van der Waals surface area contributed by atoms with Crippen LogP contribution < -0.4 is 0 Å². The van der Waals surface area contributed by atoms with Crippen LogP contribution in [0.25, 0.3) is 0 Å². The first-order valence-corrected chi connectivity index (χ1v) is 9.37. The van der Waals surface area contributed by atoms with Crippen LogP contribution in [-0.2, 0) is 9.59 Å². The second-order valence-electron chi connectivity index (χ2n) is 7.29. The Kier molecular flexibility index (Phi) is 4.87. The van der Waals surface area contributed by atoms with E-state index in [1.807, 2.05) is 0 Å². The van der Waals surface area contributed by atoms with E-state index in [0.717, 1.165) is 12.8 Å². The van der Waals surface area contributed by atoms with Crippen molar-refractivity contribution in [1.82, 2.24) is 9.91 Å². The van der Waals surface area contributed by atoms with Gasteiger partial charge in [-0.05, 0) is 42.7 Å². The zero-order valence-electron chi connectivity index (χ0n) is 15.9. The summed E-state index contributed by atoms with van der Waals surface area (Å²) in [6.45, 7) is -0.0659. The first-order valence-electron chi connectivity index (χ1n) is 9.37. The normalized spacial score (nSPS) is 18.4. The summed E-state index contributed by atoms with van der Waals surface area (Å²) in [6.07, 6.45) is 3.69. The van der Waals surface area contributed by atoms with Crippen molar-refractivity contribution < 1.29 is 18.9 Å². The molecule has 1 aliphatic carbocycles. The molecule has 0 saturated heterocycles. The van der Waals surface area contributed by atoms with Crippen LogP contribution in [0.1, 0.15) is 36.6 Å². The van der Waals surface area contributed by atoms with Gasteiger partial charge in [0.05, 0.1) is 16.9 Å². The number of carbonyl (C=O) groups excluding carboxylic acids is 2. The predicted molar refractivity (Wildman–Crippen MR) is 103 cm³/mol. The quantitative estimate of drug-likeness (QED) is 0.551. The average Bonchev–Trinajstić information content (AvgIpc) is 3.23. The van der Waals surface area contributed by atoms with Gasteiger partial charge in [-0.25, -0.2) is 5.01 Å². The maximum Gasteiger partial charge on any atom is 0.269 e. The molecule has 1 fully saturated rings. The lowest BCUT2D eigenvalue weighted by Crippen LogP contribution is -2.39. The van der Waals surface area contributed by atoms with E-state index in [4.69, 9.17) is 4.42 Å². The zero-order chi connectivity index (χ0) is 20.5. The standard InChI is InChI=1S/C20H20N4O5/c1-22(20(26)14-4-5-14)12-19(25)23-17(18-3-2-10-29-18)11-16(21-23)13-6-8-15(9-7-13)24(27)28/h2-3,6-10,14,17H,4-5,11-12H2,1H3/t17-/m1/s1. The monoisotopic (exact) mass is 396 g/mol. The number of hydrogen-bond acceptors (Lipinski definition) is 6. The van der Waals surface area contributed by atoms with Gasteiger partial charge in [0.25, 0.3) is 11.6 Å². The van der Waals surface area contributed by atoms with Gasteiger partial charge in [-0.15, -0.1) is 0 Å². The summed E-state index contributed by atoms with van der Waals surface area (Å²) in [6, 6.07) is 9.15. The molecule has 1 atom stereocenters. The number of hydrogen-bond donors (Lipinski definition) is 0. The largest absolute Gasteiger partial charge is 0.467 e. The molecule has 150 valence electrons. The number of nitrogens with zero attached hydrogens (tertiary/aromatic N) is 4. The fourth-order valence-electron chi connectivity index (χ4n) is 3.39. The van der Waals surface area contributed by atoms with Gasteiger partial charge < -0.3 is 9.32 Å². The molecule has 2 aliphatic rings. The molecule has 2 aromatic rings. The van der Waals surface area contributed by atoms with Crippen molar-refractivity contribution in [2.45, 2.75) is 25.3 Å². The summed E-state index contributed by atoms with van der Waals surface area (Å²) in [5.74, 6) is 0.299. The van der Waals surface area contributed by atoms with Crippen molar-refractivity contribution in [3.63, 3.8) is 0 Å². The molecule has 2 heterocycles. The molecular formula is C20H20N4O5. The Morgan fingerprint density at radius 1 is 1.28 bits per heavy atom. The highest BCUT2D eigenvalue weighted by molar-refractivity contribution is 6.03. The number of carbonyl (C=O) groups is 2. The molecule has 1 aliphatic heterocycles. The molecule has 1 saturated carbocycles. The number of furan rings is 1. The summed E-state index contributed by atoms with van der Waals surface area (Å²) >= 11 is 0. The average molecular weight is 396 g/mol. The minimum atomic E-state index is -0.464. The van der Waals surface area contributed by atoms with Gasteiger partial charge in [-0.1, -0.05) is 0 Å². The second kappa shape index (κ2) is 7.50. The fraction of sp³-hybridized carbons (Fsp3) is 0.350. The SMILES string of the molecule is CN(CC(=O)N1N=C(c2ccc([N+](=O)[O-])cc2)C[C@@H]1c1ccco1)C(=O)C1CC1. The topological polar surface area (TPSA) is 109 Å². The highest BCUT2D eigenvalue weighted by atomic mass is 16.6. The van der Waals surface area contributed by atoms with E-state index >= 15 is 0 Å². The third kappa shape index (κ3) is 3.89. The Bertz CT molecular complexity index is 963. The number of amides is 2. The van der Waals surface area contributed by atoms with Crippen LogP contribution in [0.5, 0.6) is 0 Å². The molecule has 0 N–H and O–H groups in total. The van der Waals surface area contributed by atoms with Crippen molar-refractivity contribution in [1.29, 1.82) is 0 Å². The van der Waals surface area contributed by atoms with Crippen LogP contribution in [0.3, 0.4) is 0 Å². The molecule has 2 amide bonds. The number of nitro groups is 1. The van der Waals surface area contributed by atoms with Crippen molar-refractivity contribution in [2.75, 3.05) is 13.6 Å². The minimum Gasteiger partial charge on any atom is -0.467 e. The third-order valence-electron chi connectivity index (χ3n) is 5.12. The van der Waals surface area contributed by atoms with E-state index in [0.29, 0.717) is 23.5 Å². The molecule has 1 aromatic heterocycles. The first-order chi connectivity index (χ1) is 13.9. The molecule has 0 bridgehead atoms. The van der Waals surface area contributed by atoms with Crippen molar-refractivity contribution in [3.05, 3.63) is 64.1 Å². The Morgan fingerprint density at radius 3 is 2.59 bits per heavy atom. The molecule has 0 spiro atoms. The highest BCUT2D eigenvalue weighted by Crippen LogP contribution is 2.34. The van der Waals surface area contributed by atoms with Gasteiger partial charge in [0.15, 0.2) is 0 Å². The van der Waals surface area contributed by atoms with Crippen molar-refractivity contribution in [2.24, 2.45) is 11.0 Å². The molecular weight excluding hydrogens is 376 g/mol. The number of benzene rings is 1. The summed E-state index contributed by atoms with van der Waals surface area (Å²) < 4.78 is 5.50. The minimum absolute atomic E-state index is 0.0110. The van der Waals surface area contributed by atoms with Crippen molar-refractivity contribution in [3.8, 4) is 0 Å². The lowest BCUT2D eigenvalue weighted by atomic mass is 10.0. The molecule has 4 rings (SSSR count). The number of nitro benzene ring substituents is 1. The summed E-state index contributed by atoms with van der Waals surface area (Å²) in [5.41, 5.74) is 1.32. The summed E-state index contributed by atoms with van der Waals surface area (Å²) in [4.78, 5) is 37.0. The molecule has 1 aromatic carbocycles. The number of non-ortho nitro benzene ring substituents is 1. The van der Waals surface area contributed by atoms with E-state index in [1.54, 1.807) is 31.3 Å². The Balaban J connectivity index is 1.56. The lowest BCUT2D eigenvalue weighted by Gasteiger charge is -2.23. The van der Waals surface area contributed by atoms with E-state index in [9.17, 15) is 19.7 Å². The van der Waals surface area contributed by atoms with Gasteiger partial charge in [0, 0.05) is 31.5 Å². The summed E-state index contributed by atoms with van der Waals surface area (Å²) in [7, 11) is 1.62. The molecule has 9 heteroatoms. The van der Waals surface area contributed by atoms with Gasteiger partial charge in [-0.2, -0.15) is 5.10 Å². The van der Waals surface area contributed by atoms with Gasteiger partial charge in [0.1, 0.15) is 18.3 Å². The fourth-order valence-corrected chi connectivity index (χ4v) is 3.39. The molecule has 0 unspecified atom stereocenters. The van der Waals surface area contributed by atoms with Crippen LogP contribution in [-0.4, -0.2) is 46.0 Å². The Hall–Kier alpha value is -3.49. The van der Waals surface area contributed by atoms with Gasteiger partial charge in [-0.3, -0.25) is 19.7 Å². The number of hydrazone groups is 1. The van der Waals surface area contributed by atoms with Crippen LogP contribution in [0.2, 0.25) is 0 Å². The Labute approximate surface area is 166 Å². The van der Waals surface area contributed by atoms with Crippen LogP contribution >= 0.6 is 0 Å². The maximum atomic E-state index is 12.9. The highest BCUT2D eigenvalue weighted by Gasteiger charge is 2.37. The van der Waals surface area contributed by atoms with Crippen LogP contribution in [0.4, 0.5) is 5.69 Å². The number of rotatable bonds is 6. The molecule has 0 radical (unpaired) electrons. The second-order valence-corrected chi connectivity index (χ2v) is 7.29. The van der Waals surface area contributed by atoms with Crippen LogP contribution in [0, 0.1) is 16.0 Å². The van der Waals surface area contributed by atoms with Gasteiger partial charge in [0.2, 0.25) is 5.91 Å². The van der Waals surface area contributed by atoms with E-state index in [-0.39, 0.29) is 30.0 Å². The number of likely N-dealkylation sites (N-methyl/N-ethyl adjacent to an activating group) is 1. The van der Waals surface area contributed by atoms with Crippen molar-refractivity contribution >= 4 is 23.2 Å². The predicted octanol–water partition coefficient (Wildman–Crippen LogP) is 2.73. The maximum absolute atomic E-state index is 12.9. The zero-order valence-corrected chi connectivity index (χ0v) is 15.9. The lowest BCUT2D eigenvalue weighted by molar-refractivity contribution is -0.384. The smallest absolute Gasteiger partial charge is 0.269 e. The van der Waals surface area contributed by atoms with Crippen LogP contribution in [0.15, 0.2) is 52.2 Å². The summed E-state index contributed by atoms with van der Waals surface area (Å²) in [5, 5.41) is 16.7. The molecule has 29 heavy (non-hydrogen) atoms. The third-order valence-corrected chi connectivity index (χ3v) is 5.12. The van der Waals surface area contributed by atoms with E-state index in [2.05, 4.69) is 5.10 Å². The Morgan fingerprint density at radius 2 is 2.00 bits per heavy atom. The van der Waals surface area contributed by atoms with Gasteiger partial charge >= 0.3 is 0 Å². The van der Waals surface area contributed by atoms with E-state index in [1.165, 1.54) is 28.3 Å². The van der Waals surface area contributed by atoms with E-state index < -0.39 is 11.0 Å². The first kappa shape index (κ1) is 18.9.